The summed E-state index contributed by atoms with van der Waals surface area (Å²) in [5.41, 5.74) is 1.23. The van der Waals surface area contributed by atoms with Crippen LogP contribution in [0.25, 0.3) is 0 Å². The van der Waals surface area contributed by atoms with Crippen LogP contribution in [0.3, 0.4) is 0 Å². The molecule has 0 aromatic heterocycles. The Bertz CT molecular complexity index is 429. The molecule has 0 aliphatic carbocycles. The van der Waals surface area contributed by atoms with Gasteiger partial charge < -0.3 is 4.74 Å². The Labute approximate surface area is 117 Å². The highest BCUT2D eigenvalue weighted by Gasteiger charge is 2.30. The van der Waals surface area contributed by atoms with Gasteiger partial charge in [-0.3, -0.25) is 0 Å². The lowest BCUT2D eigenvalue weighted by atomic mass is 9.81. The Morgan fingerprint density at radius 2 is 2.22 bits per heavy atom. The smallest absolute Gasteiger partial charge is 0.123 e. The molecule has 3 heteroatoms. The van der Waals surface area contributed by atoms with Crippen LogP contribution in [0.15, 0.2) is 18.2 Å². The molecule has 2 rings (SSSR count). The molecule has 1 nitrogen and oxygen atoms in total. The number of benzene rings is 1. The van der Waals surface area contributed by atoms with Gasteiger partial charge >= 0.3 is 0 Å². The summed E-state index contributed by atoms with van der Waals surface area (Å²) in [5, 5.41) is 0. The van der Waals surface area contributed by atoms with E-state index in [0.29, 0.717) is 4.83 Å². The van der Waals surface area contributed by atoms with Crippen LogP contribution in [-0.4, -0.2) is 10.9 Å². The van der Waals surface area contributed by atoms with Crippen molar-refractivity contribution in [1.29, 1.82) is 0 Å². The van der Waals surface area contributed by atoms with Gasteiger partial charge in [-0.25, -0.2) is 4.39 Å². The standard InChI is InChI=1S/C15H20BrFO/c1-10(16)8-15(2,3)9-13-7-11-6-12(17)4-5-14(11)18-13/h4-6,10,13H,7-9H2,1-3H3. The van der Waals surface area contributed by atoms with Crippen LogP contribution >= 0.6 is 15.9 Å². The Morgan fingerprint density at radius 1 is 1.50 bits per heavy atom. The van der Waals surface area contributed by atoms with Crippen LogP contribution in [0.2, 0.25) is 0 Å². The van der Waals surface area contributed by atoms with Gasteiger partial charge in [-0.1, -0.05) is 36.7 Å². The minimum Gasteiger partial charge on any atom is -0.490 e. The molecular formula is C15H20BrFO. The first kappa shape index (κ1) is 13.9. The Balaban J connectivity index is 1.99. The van der Waals surface area contributed by atoms with Gasteiger partial charge in [-0.05, 0) is 36.5 Å². The van der Waals surface area contributed by atoms with Crippen LogP contribution in [0, 0.1) is 11.2 Å². The van der Waals surface area contributed by atoms with Gasteiger partial charge in [0.05, 0.1) is 0 Å². The zero-order chi connectivity index (χ0) is 13.3. The SMILES string of the molecule is CC(Br)CC(C)(C)CC1Cc2cc(F)ccc2O1. The second kappa shape index (κ2) is 5.20. The third kappa shape index (κ3) is 3.47. The predicted octanol–water partition coefficient (Wildman–Crippen LogP) is 4.72. The number of hydrogen-bond acceptors (Lipinski definition) is 1. The maximum Gasteiger partial charge on any atom is 0.123 e. The quantitative estimate of drug-likeness (QED) is 0.731. The molecule has 0 bridgehead atoms. The van der Waals surface area contributed by atoms with Gasteiger partial charge in [0.2, 0.25) is 0 Å². The van der Waals surface area contributed by atoms with E-state index in [-0.39, 0.29) is 17.3 Å². The fourth-order valence-corrected chi connectivity index (χ4v) is 3.74. The highest BCUT2D eigenvalue weighted by molar-refractivity contribution is 9.09. The van der Waals surface area contributed by atoms with Crippen molar-refractivity contribution >= 4 is 15.9 Å². The van der Waals surface area contributed by atoms with E-state index in [1.54, 1.807) is 12.1 Å². The van der Waals surface area contributed by atoms with Crippen molar-refractivity contribution in [2.75, 3.05) is 0 Å². The van der Waals surface area contributed by atoms with Crippen molar-refractivity contribution in [3.63, 3.8) is 0 Å². The van der Waals surface area contributed by atoms with E-state index in [1.165, 1.54) is 6.07 Å². The summed E-state index contributed by atoms with van der Waals surface area (Å²) in [6.45, 7) is 6.69. The van der Waals surface area contributed by atoms with Gasteiger partial charge in [-0.15, -0.1) is 0 Å². The van der Waals surface area contributed by atoms with Crippen molar-refractivity contribution in [1.82, 2.24) is 0 Å². The second-order valence-electron chi connectivity index (χ2n) is 6.05. The van der Waals surface area contributed by atoms with Crippen LogP contribution in [0.5, 0.6) is 5.75 Å². The molecule has 2 atom stereocenters. The topological polar surface area (TPSA) is 9.23 Å². The number of alkyl halides is 1. The first-order valence-electron chi connectivity index (χ1n) is 6.45. The molecule has 0 saturated carbocycles. The lowest BCUT2D eigenvalue weighted by Crippen LogP contribution is -2.25. The average molecular weight is 315 g/mol. The van der Waals surface area contributed by atoms with Gasteiger partial charge in [-0.2, -0.15) is 0 Å². The molecule has 0 radical (unpaired) electrons. The van der Waals surface area contributed by atoms with Crippen LogP contribution in [0.4, 0.5) is 4.39 Å². The summed E-state index contributed by atoms with van der Waals surface area (Å²) < 4.78 is 19.0. The molecule has 2 unspecified atom stereocenters. The minimum absolute atomic E-state index is 0.175. The Hall–Kier alpha value is -0.570. The van der Waals surface area contributed by atoms with Gasteiger partial charge in [0.1, 0.15) is 17.7 Å². The predicted molar refractivity (Wildman–Crippen MR) is 75.9 cm³/mol. The van der Waals surface area contributed by atoms with Crippen LogP contribution in [-0.2, 0) is 6.42 Å². The van der Waals surface area contributed by atoms with E-state index in [0.717, 1.165) is 30.6 Å². The van der Waals surface area contributed by atoms with E-state index in [2.05, 4.69) is 36.7 Å². The highest BCUT2D eigenvalue weighted by Crippen LogP contribution is 2.37. The number of rotatable bonds is 4. The largest absolute Gasteiger partial charge is 0.490 e. The molecule has 1 heterocycles. The fraction of sp³-hybridized carbons (Fsp3) is 0.600. The van der Waals surface area contributed by atoms with Crippen molar-refractivity contribution in [2.24, 2.45) is 5.41 Å². The van der Waals surface area contributed by atoms with Crippen LogP contribution < -0.4 is 4.74 Å². The molecule has 1 aliphatic heterocycles. The van der Waals surface area contributed by atoms with E-state index in [9.17, 15) is 4.39 Å². The molecular weight excluding hydrogens is 295 g/mol. The van der Waals surface area contributed by atoms with Gasteiger partial charge in [0, 0.05) is 16.8 Å². The molecule has 18 heavy (non-hydrogen) atoms. The summed E-state index contributed by atoms with van der Waals surface area (Å²) in [6, 6.07) is 4.80. The zero-order valence-electron chi connectivity index (χ0n) is 11.2. The summed E-state index contributed by atoms with van der Waals surface area (Å²) in [6.07, 6.45) is 3.12. The molecule has 1 aromatic rings. The monoisotopic (exact) mass is 314 g/mol. The number of ether oxygens (including phenoxy) is 1. The van der Waals surface area contributed by atoms with E-state index in [4.69, 9.17) is 4.74 Å². The van der Waals surface area contributed by atoms with Crippen molar-refractivity contribution in [2.45, 2.75) is 51.0 Å². The van der Waals surface area contributed by atoms with E-state index < -0.39 is 0 Å². The molecule has 1 aromatic carbocycles. The lowest BCUT2D eigenvalue weighted by Gasteiger charge is -2.28. The zero-order valence-corrected chi connectivity index (χ0v) is 12.8. The number of hydrogen-bond donors (Lipinski definition) is 0. The summed E-state index contributed by atoms with van der Waals surface area (Å²) in [7, 11) is 0. The summed E-state index contributed by atoms with van der Waals surface area (Å²) in [4.78, 5) is 0.508. The third-order valence-corrected chi connectivity index (χ3v) is 3.70. The second-order valence-corrected chi connectivity index (χ2v) is 7.61. The van der Waals surface area contributed by atoms with Gasteiger partial charge in [0.25, 0.3) is 0 Å². The first-order valence-corrected chi connectivity index (χ1v) is 7.36. The molecule has 1 aliphatic rings. The molecule has 100 valence electrons. The van der Waals surface area contributed by atoms with Crippen molar-refractivity contribution in [3.05, 3.63) is 29.6 Å². The highest BCUT2D eigenvalue weighted by atomic mass is 79.9. The molecule has 0 amide bonds. The van der Waals surface area contributed by atoms with Gasteiger partial charge in [0.15, 0.2) is 0 Å². The van der Waals surface area contributed by atoms with Crippen LogP contribution in [0.1, 0.15) is 39.2 Å². The van der Waals surface area contributed by atoms with Crippen molar-refractivity contribution < 1.29 is 9.13 Å². The molecule has 0 N–H and O–H groups in total. The average Bonchev–Trinajstić information content (AvgIpc) is 2.55. The maximum absolute atomic E-state index is 13.1. The van der Waals surface area contributed by atoms with E-state index in [1.807, 2.05) is 0 Å². The van der Waals surface area contributed by atoms with E-state index >= 15 is 0 Å². The first-order chi connectivity index (χ1) is 8.35. The number of fused-ring (bicyclic) bond motifs is 1. The summed E-state index contributed by atoms with van der Waals surface area (Å²) >= 11 is 3.61. The lowest BCUT2D eigenvalue weighted by molar-refractivity contribution is 0.151. The number of halogens is 2. The Kier molecular flexibility index (Phi) is 4.00. The third-order valence-electron chi connectivity index (χ3n) is 3.38. The Morgan fingerprint density at radius 3 is 2.89 bits per heavy atom. The maximum atomic E-state index is 13.1. The molecule has 0 saturated heterocycles. The molecule has 0 spiro atoms. The fourth-order valence-electron chi connectivity index (χ4n) is 2.86. The van der Waals surface area contributed by atoms with Crippen molar-refractivity contribution in [3.8, 4) is 5.75 Å². The normalized spacial score (nSPS) is 20.4. The minimum atomic E-state index is -0.175. The summed E-state index contributed by atoms with van der Waals surface area (Å²) in [5.74, 6) is 0.676. The molecule has 0 fully saturated rings.